The monoisotopic (exact) mass is 333 g/mol. The summed E-state index contributed by atoms with van der Waals surface area (Å²) in [5.41, 5.74) is 0. The Kier molecular flexibility index (Phi) is 5.15. The van der Waals surface area contributed by atoms with Gasteiger partial charge in [0.05, 0.1) is 0 Å². The highest BCUT2D eigenvalue weighted by Gasteiger charge is 2.35. The van der Waals surface area contributed by atoms with Crippen LogP contribution in [-0.4, -0.2) is 66.8 Å². The van der Waals surface area contributed by atoms with Gasteiger partial charge in [-0.25, -0.2) is 0 Å². The van der Waals surface area contributed by atoms with Crippen LogP contribution in [0.15, 0.2) is 0 Å². The van der Waals surface area contributed by atoms with E-state index in [1.54, 1.807) is 8.61 Å². The maximum Gasteiger partial charge on any atom is 0.282 e. The molecule has 3 aliphatic rings. The molecule has 0 bridgehead atoms. The van der Waals surface area contributed by atoms with Crippen molar-refractivity contribution in [1.82, 2.24) is 13.9 Å². The third-order valence-electron chi connectivity index (χ3n) is 4.61. The molecule has 1 saturated carbocycles. The van der Waals surface area contributed by atoms with E-state index >= 15 is 0 Å². The van der Waals surface area contributed by atoms with Gasteiger partial charge in [-0.1, -0.05) is 6.92 Å². The Morgan fingerprint density at radius 1 is 1.14 bits per heavy atom. The highest BCUT2D eigenvalue weighted by molar-refractivity contribution is 8.00. The summed E-state index contributed by atoms with van der Waals surface area (Å²) in [5, 5.41) is 3.95. The van der Waals surface area contributed by atoms with Crippen LogP contribution in [0.1, 0.15) is 32.6 Å². The number of hydrogen-bond acceptors (Lipinski definition) is 4. The molecule has 122 valence electrons. The minimum Gasteiger partial charge on any atom is -0.314 e. The van der Waals surface area contributed by atoms with E-state index in [1.807, 2.05) is 11.8 Å². The van der Waals surface area contributed by atoms with Gasteiger partial charge in [0.25, 0.3) is 10.2 Å². The molecule has 2 atom stereocenters. The Balaban J connectivity index is 1.58. The fraction of sp³-hybridized carbons (Fsp3) is 1.00. The summed E-state index contributed by atoms with van der Waals surface area (Å²) in [6.45, 7) is 5.81. The standard InChI is InChI=1S/C14H27N3O2S2/c1-12-10-17(7-8-20-12)21(18,19)16-6-2-3-13(11-16)9-15-14-4-5-14/h12-15H,2-11H2,1H3. The Morgan fingerprint density at radius 2 is 1.90 bits per heavy atom. The average Bonchev–Trinajstić information content (AvgIpc) is 3.30. The zero-order valence-electron chi connectivity index (χ0n) is 12.8. The van der Waals surface area contributed by atoms with E-state index < -0.39 is 10.2 Å². The molecule has 2 unspecified atom stereocenters. The molecule has 1 N–H and O–H groups in total. The molecule has 1 aliphatic carbocycles. The summed E-state index contributed by atoms with van der Waals surface area (Å²) in [6, 6.07) is 0.706. The van der Waals surface area contributed by atoms with E-state index in [1.165, 1.54) is 12.8 Å². The van der Waals surface area contributed by atoms with Crippen molar-refractivity contribution in [1.29, 1.82) is 0 Å². The molecule has 2 saturated heterocycles. The van der Waals surface area contributed by atoms with Gasteiger partial charge in [-0.3, -0.25) is 0 Å². The first-order valence-electron chi connectivity index (χ1n) is 8.16. The third-order valence-corrected chi connectivity index (χ3v) is 7.72. The van der Waals surface area contributed by atoms with Crippen LogP contribution in [0.2, 0.25) is 0 Å². The molecular formula is C14H27N3O2S2. The van der Waals surface area contributed by atoms with Crippen LogP contribution in [0.3, 0.4) is 0 Å². The Hall–Kier alpha value is 0.180. The second-order valence-electron chi connectivity index (χ2n) is 6.60. The first kappa shape index (κ1) is 16.1. The van der Waals surface area contributed by atoms with Crippen molar-refractivity contribution < 1.29 is 8.42 Å². The normalized spacial score (nSPS) is 33.2. The summed E-state index contributed by atoms with van der Waals surface area (Å²) in [4.78, 5) is 0. The first-order chi connectivity index (χ1) is 10.1. The molecule has 7 heteroatoms. The van der Waals surface area contributed by atoms with Crippen molar-refractivity contribution in [3.05, 3.63) is 0 Å². The second kappa shape index (κ2) is 6.74. The van der Waals surface area contributed by atoms with Crippen molar-refractivity contribution in [2.75, 3.05) is 38.5 Å². The summed E-state index contributed by atoms with van der Waals surface area (Å²) < 4.78 is 29.0. The van der Waals surface area contributed by atoms with E-state index in [2.05, 4.69) is 12.2 Å². The van der Waals surface area contributed by atoms with E-state index in [4.69, 9.17) is 0 Å². The van der Waals surface area contributed by atoms with Crippen LogP contribution in [-0.2, 0) is 10.2 Å². The zero-order valence-corrected chi connectivity index (χ0v) is 14.5. The number of piperidine rings is 1. The summed E-state index contributed by atoms with van der Waals surface area (Å²) in [6.07, 6.45) is 4.72. The van der Waals surface area contributed by atoms with Crippen LogP contribution in [0.4, 0.5) is 0 Å². The maximum absolute atomic E-state index is 12.8. The molecule has 2 aliphatic heterocycles. The molecule has 3 fully saturated rings. The lowest BCUT2D eigenvalue weighted by Gasteiger charge is -2.38. The van der Waals surface area contributed by atoms with Crippen LogP contribution in [0, 0.1) is 5.92 Å². The second-order valence-corrected chi connectivity index (χ2v) is 10.1. The summed E-state index contributed by atoms with van der Waals surface area (Å²) in [5.74, 6) is 1.40. The largest absolute Gasteiger partial charge is 0.314 e. The lowest BCUT2D eigenvalue weighted by molar-refractivity contribution is 0.242. The summed E-state index contributed by atoms with van der Waals surface area (Å²) >= 11 is 1.87. The van der Waals surface area contributed by atoms with Crippen LogP contribution in [0.5, 0.6) is 0 Å². The van der Waals surface area contributed by atoms with Gasteiger partial charge in [-0.15, -0.1) is 0 Å². The average molecular weight is 334 g/mol. The number of thioether (sulfide) groups is 1. The fourth-order valence-corrected chi connectivity index (χ4v) is 6.23. The Labute approximate surface area is 133 Å². The van der Waals surface area contributed by atoms with Gasteiger partial charge < -0.3 is 5.32 Å². The quantitative estimate of drug-likeness (QED) is 0.819. The van der Waals surface area contributed by atoms with E-state index in [9.17, 15) is 8.42 Å². The fourth-order valence-electron chi connectivity index (χ4n) is 3.18. The molecular weight excluding hydrogens is 306 g/mol. The van der Waals surface area contributed by atoms with Gasteiger partial charge in [0.1, 0.15) is 0 Å². The molecule has 21 heavy (non-hydrogen) atoms. The van der Waals surface area contributed by atoms with E-state index in [-0.39, 0.29) is 0 Å². The topological polar surface area (TPSA) is 52.7 Å². The van der Waals surface area contributed by atoms with E-state index in [0.29, 0.717) is 43.4 Å². The minimum atomic E-state index is -3.25. The smallest absolute Gasteiger partial charge is 0.282 e. The van der Waals surface area contributed by atoms with Gasteiger partial charge in [-0.05, 0) is 38.1 Å². The predicted octanol–water partition coefficient (Wildman–Crippen LogP) is 1.13. The third kappa shape index (κ3) is 4.13. The van der Waals surface area contributed by atoms with Gasteiger partial charge in [0.2, 0.25) is 0 Å². The molecule has 0 aromatic rings. The minimum absolute atomic E-state index is 0.408. The van der Waals surface area contributed by atoms with Gasteiger partial charge in [0, 0.05) is 43.2 Å². The van der Waals surface area contributed by atoms with Gasteiger partial charge >= 0.3 is 0 Å². The number of hydrogen-bond donors (Lipinski definition) is 1. The number of nitrogens with zero attached hydrogens (tertiary/aromatic N) is 2. The first-order valence-corrected chi connectivity index (χ1v) is 10.6. The molecule has 3 rings (SSSR count). The van der Waals surface area contributed by atoms with Crippen molar-refractivity contribution >= 4 is 22.0 Å². The zero-order chi connectivity index (χ0) is 14.9. The van der Waals surface area contributed by atoms with Crippen LogP contribution >= 0.6 is 11.8 Å². The molecule has 2 heterocycles. The molecule has 0 spiro atoms. The Morgan fingerprint density at radius 3 is 2.62 bits per heavy atom. The molecule has 0 aromatic carbocycles. The Bertz CT molecular complexity index is 453. The molecule has 0 aromatic heterocycles. The van der Waals surface area contributed by atoms with Crippen molar-refractivity contribution in [3.63, 3.8) is 0 Å². The van der Waals surface area contributed by atoms with Gasteiger partial charge in [-0.2, -0.15) is 28.8 Å². The highest BCUT2D eigenvalue weighted by atomic mass is 32.2. The van der Waals surface area contributed by atoms with Crippen molar-refractivity contribution in [2.45, 2.75) is 43.9 Å². The summed E-state index contributed by atoms with van der Waals surface area (Å²) in [7, 11) is -3.25. The van der Waals surface area contributed by atoms with Crippen molar-refractivity contribution in [2.24, 2.45) is 5.92 Å². The van der Waals surface area contributed by atoms with Crippen LogP contribution < -0.4 is 5.32 Å². The van der Waals surface area contributed by atoms with E-state index in [0.717, 1.165) is 25.1 Å². The maximum atomic E-state index is 12.8. The number of nitrogens with one attached hydrogen (secondary N) is 1. The molecule has 0 radical (unpaired) electrons. The molecule has 0 amide bonds. The van der Waals surface area contributed by atoms with Gasteiger partial charge in [0.15, 0.2) is 0 Å². The van der Waals surface area contributed by atoms with Crippen molar-refractivity contribution in [3.8, 4) is 0 Å². The highest BCUT2D eigenvalue weighted by Crippen LogP contribution is 2.26. The lowest BCUT2D eigenvalue weighted by atomic mass is 10.00. The lowest BCUT2D eigenvalue weighted by Crippen LogP contribution is -2.52. The molecule has 5 nitrogen and oxygen atoms in total. The van der Waals surface area contributed by atoms with Crippen LogP contribution in [0.25, 0.3) is 0 Å². The number of rotatable bonds is 5. The predicted molar refractivity (Wildman–Crippen MR) is 87.7 cm³/mol. The SMILES string of the molecule is CC1CN(S(=O)(=O)N2CCCC(CNC3CC3)C2)CCS1.